The predicted molar refractivity (Wildman–Crippen MR) is 120 cm³/mol. The van der Waals surface area contributed by atoms with E-state index in [1.165, 1.54) is 12.1 Å². The fourth-order valence-electron chi connectivity index (χ4n) is 3.15. The Morgan fingerprint density at radius 1 is 1.03 bits per heavy atom. The summed E-state index contributed by atoms with van der Waals surface area (Å²) in [4.78, 5) is 0. The number of para-hydroxylation sites is 1. The van der Waals surface area contributed by atoms with Gasteiger partial charge in [-0.1, -0.05) is 54.6 Å². The minimum Gasteiger partial charge on any atom is -0.493 e. The van der Waals surface area contributed by atoms with Crippen molar-refractivity contribution in [3.63, 3.8) is 0 Å². The summed E-state index contributed by atoms with van der Waals surface area (Å²) in [5.74, 6) is 1.62. The van der Waals surface area contributed by atoms with Gasteiger partial charge in [0.15, 0.2) is 17.3 Å². The van der Waals surface area contributed by atoms with Crippen LogP contribution in [-0.4, -0.2) is 22.0 Å². The van der Waals surface area contributed by atoms with Gasteiger partial charge in [-0.05, 0) is 36.0 Å². The zero-order valence-corrected chi connectivity index (χ0v) is 17.7. The average Bonchev–Trinajstić information content (AvgIpc) is 3.18. The van der Waals surface area contributed by atoms with Crippen molar-refractivity contribution in [3.8, 4) is 22.9 Å². The molecule has 0 spiro atoms. The van der Waals surface area contributed by atoms with E-state index in [2.05, 4.69) is 15.6 Å². The molecule has 0 amide bonds. The molecule has 0 saturated heterocycles. The monoisotopic (exact) mass is 436 g/mol. The molecule has 0 bridgehead atoms. The van der Waals surface area contributed by atoms with Crippen molar-refractivity contribution in [3.05, 3.63) is 94.5 Å². The standard InChI is InChI=1S/C23H21FN4O2S/c1-29-20-9-5-8-18(21(20)30-15-16-10-12-19(24)13-11-16)14-25-28-22(26-27-23(28)31)17-6-3-2-4-7-17/h2-13,25H,14-15H2,1H3,(H,27,31). The van der Waals surface area contributed by atoms with Gasteiger partial charge in [0.25, 0.3) is 0 Å². The normalized spacial score (nSPS) is 10.6. The van der Waals surface area contributed by atoms with Gasteiger partial charge in [-0.2, -0.15) is 5.10 Å². The first kappa shape index (κ1) is 20.6. The Morgan fingerprint density at radius 3 is 2.55 bits per heavy atom. The van der Waals surface area contributed by atoms with E-state index >= 15 is 0 Å². The second-order valence-electron chi connectivity index (χ2n) is 6.75. The van der Waals surface area contributed by atoms with Gasteiger partial charge in [-0.15, -0.1) is 0 Å². The molecule has 2 N–H and O–H groups in total. The molecule has 0 fully saturated rings. The van der Waals surface area contributed by atoms with Crippen LogP contribution < -0.4 is 14.9 Å². The highest BCUT2D eigenvalue weighted by Gasteiger charge is 2.13. The van der Waals surface area contributed by atoms with Crippen LogP contribution in [0.25, 0.3) is 11.4 Å². The molecule has 31 heavy (non-hydrogen) atoms. The highest BCUT2D eigenvalue weighted by molar-refractivity contribution is 7.71. The minimum absolute atomic E-state index is 0.281. The first-order chi connectivity index (χ1) is 15.2. The van der Waals surface area contributed by atoms with E-state index in [0.29, 0.717) is 28.6 Å². The highest BCUT2D eigenvalue weighted by Crippen LogP contribution is 2.32. The van der Waals surface area contributed by atoms with Gasteiger partial charge in [0.1, 0.15) is 12.4 Å². The van der Waals surface area contributed by atoms with E-state index in [1.807, 2.05) is 48.5 Å². The molecule has 6 nitrogen and oxygen atoms in total. The molecule has 3 aromatic carbocycles. The van der Waals surface area contributed by atoms with E-state index in [4.69, 9.17) is 21.7 Å². The summed E-state index contributed by atoms with van der Waals surface area (Å²) in [5.41, 5.74) is 5.97. The van der Waals surface area contributed by atoms with Crippen LogP contribution in [0.2, 0.25) is 0 Å². The first-order valence-corrected chi connectivity index (χ1v) is 10.1. The van der Waals surface area contributed by atoms with Crippen molar-refractivity contribution in [2.24, 2.45) is 0 Å². The van der Waals surface area contributed by atoms with Crippen LogP contribution in [-0.2, 0) is 13.2 Å². The quantitative estimate of drug-likeness (QED) is 0.377. The highest BCUT2D eigenvalue weighted by atomic mass is 32.1. The summed E-state index contributed by atoms with van der Waals surface area (Å²) >= 11 is 5.39. The molecule has 0 saturated carbocycles. The Hall–Kier alpha value is -3.65. The lowest BCUT2D eigenvalue weighted by atomic mass is 10.2. The molecule has 8 heteroatoms. The van der Waals surface area contributed by atoms with Crippen molar-refractivity contribution >= 4 is 12.2 Å². The Bertz CT molecular complexity index is 1210. The summed E-state index contributed by atoms with van der Waals surface area (Å²) in [6.45, 7) is 0.706. The summed E-state index contributed by atoms with van der Waals surface area (Å²) in [5, 5.41) is 7.16. The fraction of sp³-hybridized carbons (Fsp3) is 0.130. The zero-order chi connectivity index (χ0) is 21.6. The number of H-pyrrole nitrogens is 1. The molecule has 4 rings (SSSR count). The van der Waals surface area contributed by atoms with Crippen molar-refractivity contribution in [1.29, 1.82) is 0 Å². The van der Waals surface area contributed by atoms with Crippen LogP contribution in [0.3, 0.4) is 0 Å². The van der Waals surface area contributed by atoms with Gasteiger partial charge < -0.3 is 14.9 Å². The number of hydrogen-bond donors (Lipinski definition) is 2. The molecule has 0 unspecified atom stereocenters. The van der Waals surface area contributed by atoms with Crippen LogP contribution in [0.4, 0.5) is 4.39 Å². The Labute approximate surface area is 184 Å². The van der Waals surface area contributed by atoms with Crippen molar-refractivity contribution < 1.29 is 13.9 Å². The summed E-state index contributed by atoms with van der Waals surface area (Å²) in [6, 6.07) is 21.7. The van der Waals surface area contributed by atoms with Crippen LogP contribution in [0, 0.1) is 10.6 Å². The van der Waals surface area contributed by atoms with Crippen LogP contribution >= 0.6 is 12.2 Å². The lowest BCUT2D eigenvalue weighted by molar-refractivity contribution is 0.281. The Kier molecular flexibility index (Phi) is 6.28. The molecule has 0 atom stereocenters. The topological polar surface area (TPSA) is 64.1 Å². The minimum atomic E-state index is -0.281. The fourth-order valence-corrected chi connectivity index (χ4v) is 3.35. The summed E-state index contributed by atoms with van der Waals surface area (Å²) in [7, 11) is 1.59. The van der Waals surface area contributed by atoms with E-state index in [1.54, 1.807) is 23.9 Å². The molecule has 0 radical (unpaired) electrons. The maximum Gasteiger partial charge on any atom is 0.214 e. The summed E-state index contributed by atoms with van der Waals surface area (Å²) in [6.07, 6.45) is 0. The smallest absolute Gasteiger partial charge is 0.214 e. The second-order valence-corrected chi connectivity index (χ2v) is 7.14. The predicted octanol–water partition coefficient (Wildman–Crippen LogP) is 5.08. The molecule has 0 aliphatic carbocycles. The van der Waals surface area contributed by atoms with Gasteiger partial charge >= 0.3 is 0 Å². The first-order valence-electron chi connectivity index (χ1n) is 9.65. The maximum absolute atomic E-state index is 13.2. The van der Waals surface area contributed by atoms with E-state index in [0.717, 1.165) is 16.7 Å². The Morgan fingerprint density at radius 2 is 1.81 bits per heavy atom. The van der Waals surface area contributed by atoms with E-state index in [9.17, 15) is 4.39 Å². The molecule has 1 aromatic heterocycles. The van der Waals surface area contributed by atoms with E-state index < -0.39 is 0 Å². The van der Waals surface area contributed by atoms with Gasteiger partial charge in [0.2, 0.25) is 4.77 Å². The number of aromatic amines is 1. The maximum atomic E-state index is 13.2. The SMILES string of the molecule is COc1cccc(CNn2c(-c3ccccc3)n[nH]c2=S)c1OCc1ccc(F)cc1. The third-order valence-electron chi connectivity index (χ3n) is 4.71. The third-order valence-corrected chi connectivity index (χ3v) is 4.98. The van der Waals surface area contributed by atoms with Crippen molar-refractivity contribution in [1.82, 2.24) is 14.9 Å². The molecule has 0 aliphatic rings. The number of rotatable bonds is 8. The number of halogens is 1. The van der Waals surface area contributed by atoms with Gasteiger partial charge in [0.05, 0.1) is 13.7 Å². The van der Waals surface area contributed by atoms with Crippen LogP contribution in [0.1, 0.15) is 11.1 Å². The number of benzene rings is 3. The number of aromatic nitrogens is 3. The van der Waals surface area contributed by atoms with Crippen LogP contribution in [0.5, 0.6) is 11.5 Å². The largest absolute Gasteiger partial charge is 0.493 e. The van der Waals surface area contributed by atoms with Gasteiger partial charge in [-0.3, -0.25) is 0 Å². The average molecular weight is 437 g/mol. The molecular weight excluding hydrogens is 415 g/mol. The molecular formula is C23H21FN4O2S. The molecule has 0 aliphatic heterocycles. The third kappa shape index (κ3) is 4.75. The van der Waals surface area contributed by atoms with Crippen LogP contribution in [0.15, 0.2) is 72.8 Å². The lowest BCUT2D eigenvalue weighted by Crippen LogP contribution is -2.16. The van der Waals surface area contributed by atoms with Gasteiger partial charge in [0, 0.05) is 11.1 Å². The second kappa shape index (κ2) is 9.44. The zero-order valence-electron chi connectivity index (χ0n) is 16.8. The number of ether oxygens (including phenoxy) is 2. The number of nitrogens with zero attached hydrogens (tertiary/aromatic N) is 2. The molecule has 1 heterocycles. The number of hydrogen-bond acceptors (Lipinski definition) is 5. The van der Waals surface area contributed by atoms with Crippen molar-refractivity contribution in [2.75, 3.05) is 12.5 Å². The number of methoxy groups -OCH3 is 1. The summed E-state index contributed by atoms with van der Waals surface area (Å²) < 4.78 is 26.9. The molecule has 4 aromatic rings. The van der Waals surface area contributed by atoms with Crippen molar-refractivity contribution in [2.45, 2.75) is 13.2 Å². The van der Waals surface area contributed by atoms with E-state index in [-0.39, 0.29) is 12.4 Å². The lowest BCUT2D eigenvalue weighted by Gasteiger charge is -2.17. The molecule has 158 valence electrons. The number of nitrogens with one attached hydrogen (secondary N) is 2. The van der Waals surface area contributed by atoms with Gasteiger partial charge in [-0.25, -0.2) is 14.2 Å². The Balaban J connectivity index is 1.56.